The summed E-state index contributed by atoms with van der Waals surface area (Å²) in [5.74, 6) is -0.716. The molecule has 0 unspecified atom stereocenters. The Bertz CT molecular complexity index is 1130. The molecule has 7 heteroatoms. The number of carbonyl (C=O) groups excluding carboxylic acids is 3. The van der Waals surface area contributed by atoms with Crippen LogP contribution in [0.4, 0.5) is 11.4 Å². The first-order valence-corrected chi connectivity index (χ1v) is 11.0. The molecule has 3 rings (SSSR count). The number of nitrogens with one attached hydrogen (secondary N) is 3. The Hall–Kier alpha value is -3.45. The van der Waals surface area contributed by atoms with Gasteiger partial charge in [-0.25, -0.2) is 0 Å². The molecule has 0 spiro atoms. The van der Waals surface area contributed by atoms with Gasteiger partial charge in [0.25, 0.3) is 11.8 Å². The van der Waals surface area contributed by atoms with Gasteiger partial charge in [-0.05, 0) is 71.7 Å². The van der Waals surface area contributed by atoms with E-state index in [0.29, 0.717) is 27.0 Å². The van der Waals surface area contributed by atoms with E-state index >= 15 is 0 Å². The number of benzene rings is 3. The smallest absolute Gasteiger partial charge is 0.257 e. The molecule has 3 aromatic carbocycles. The highest BCUT2D eigenvalue weighted by Gasteiger charge is 2.16. The Morgan fingerprint density at radius 2 is 1.38 bits per heavy atom. The number of carbonyl (C=O) groups is 3. The zero-order valence-corrected chi connectivity index (χ0v) is 19.4. The van der Waals surface area contributed by atoms with Crippen molar-refractivity contribution in [3.05, 3.63) is 94.0 Å². The quantitative estimate of drug-likeness (QED) is 0.431. The first kappa shape index (κ1) is 23.2. The fourth-order valence-corrected chi connectivity index (χ4v) is 3.55. The van der Waals surface area contributed by atoms with Crippen LogP contribution in [-0.4, -0.2) is 23.8 Å². The predicted molar refractivity (Wildman–Crippen MR) is 130 cm³/mol. The Labute approximate surface area is 195 Å². The van der Waals surface area contributed by atoms with Crippen molar-refractivity contribution < 1.29 is 14.4 Å². The first-order valence-electron chi connectivity index (χ1n) is 10.2. The average Bonchev–Trinajstić information content (AvgIpc) is 2.75. The molecule has 0 aromatic heterocycles. The second-order valence-corrected chi connectivity index (χ2v) is 8.38. The Balaban J connectivity index is 1.69. The molecular weight excluding hydrogens is 470 g/mol. The minimum absolute atomic E-state index is 0.0495. The van der Waals surface area contributed by atoms with Crippen LogP contribution in [0.15, 0.2) is 77.3 Å². The fraction of sp³-hybridized carbons (Fsp3) is 0.160. The summed E-state index contributed by atoms with van der Waals surface area (Å²) in [6.45, 7) is 3.82. The Kier molecular flexibility index (Phi) is 7.78. The molecule has 0 heterocycles. The Morgan fingerprint density at radius 1 is 0.781 bits per heavy atom. The molecule has 0 atom stereocenters. The van der Waals surface area contributed by atoms with Gasteiger partial charge in [-0.2, -0.15) is 0 Å². The van der Waals surface area contributed by atoms with E-state index < -0.39 is 0 Å². The van der Waals surface area contributed by atoms with E-state index in [9.17, 15) is 14.4 Å². The number of para-hydroxylation sites is 1. The molecule has 6 nitrogen and oxygen atoms in total. The maximum Gasteiger partial charge on any atom is 0.257 e. The lowest BCUT2D eigenvalue weighted by molar-refractivity contribution is -0.120. The summed E-state index contributed by atoms with van der Waals surface area (Å²) in [5.41, 5.74) is 2.66. The SMILES string of the molecule is CC(C)NC(=O)Cc1ccc(NC(=O)c2ccccc2NC(=O)c2ccccc2Br)cc1. The highest BCUT2D eigenvalue weighted by Crippen LogP contribution is 2.21. The van der Waals surface area contributed by atoms with Gasteiger partial charge in [0.05, 0.1) is 23.2 Å². The summed E-state index contributed by atoms with van der Waals surface area (Å²) in [6, 6.07) is 21.1. The summed E-state index contributed by atoms with van der Waals surface area (Å²) >= 11 is 3.37. The average molecular weight is 494 g/mol. The molecule has 0 aliphatic rings. The summed E-state index contributed by atoms with van der Waals surface area (Å²) in [6.07, 6.45) is 0.274. The lowest BCUT2D eigenvalue weighted by Crippen LogP contribution is -2.31. The zero-order valence-electron chi connectivity index (χ0n) is 17.8. The normalized spacial score (nSPS) is 10.5. The van der Waals surface area contributed by atoms with Crippen LogP contribution in [0.3, 0.4) is 0 Å². The van der Waals surface area contributed by atoms with Gasteiger partial charge < -0.3 is 16.0 Å². The highest BCUT2D eigenvalue weighted by molar-refractivity contribution is 9.10. The van der Waals surface area contributed by atoms with Gasteiger partial charge >= 0.3 is 0 Å². The van der Waals surface area contributed by atoms with E-state index in [-0.39, 0.29) is 30.2 Å². The number of amides is 3. The van der Waals surface area contributed by atoms with Crippen molar-refractivity contribution >= 4 is 45.0 Å². The number of halogens is 1. The maximum absolute atomic E-state index is 12.9. The number of hydrogen-bond donors (Lipinski definition) is 3. The summed E-state index contributed by atoms with van der Waals surface area (Å²) in [5, 5.41) is 8.49. The van der Waals surface area contributed by atoms with Crippen LogP contribution in [0.1, 0.15) is 40.1 Å². The number of hydrogen-bond acceptors (Lipinski definition) is 3. The standard InChI is InChI=1S/C25H24BrN3O3/c1-16(2)27-23(30)15-17-11-13-18(14-12-17)28-25(32)20-8-4-6-10-22(20)29-24(31)19-7-3-5-9-21(19)26/h3-14,16H,15H2,1-2H3,(H,27,30)(H,28,32)(H,29,31). The topological polar surface area (TPSA) is 87.3 Å². The van der Waals surface area contributed by atoms with E-state index in [1.807, 2.05) is 19.9 Å². The monoisotopic (exact) mass is 493 g/mol. The Morgan fingerprint density at radius 3 is 2.03 bits per heavy atom. The van der Waals surface area contributed by atoms with Crippen LogP contribution < -0.4 is 16.0 Å². The van der Waals surface area contributed by atoms with Crippen molar-refractivity contribution in [1.29, 1.82) is 0 Å². The van der Waals surface area contributed by atoms with Crippen molar-refractivity contribution in [3.63, 3.8) is 0 Å². The van der Waals surface area contributed by atoms with E-state index in [0.717, 1.165) is 5.56 Å². The highest BCUT2D eigenvalue weighted by atomic mass is 79.9. The number of anilines is 2. The van der Waals surface area contributed by atoms with E-state index in [1.54, 1.807) is 66.7 Å². The number of rotatable bonds is 7. The lowest BCUT2D eigenvalue weighted by atomic mass is 10.1. The van der Waals surface area contributed by atoms with Crippen molar-refractivity contribution in [1.82, 2.24) is 5.32 Å². The van der Waals surface area contributed by atoms with Gasteiger partial charge in [0.1, 0.15) is 0 Å². The summed E-state index contributed by atoms with van der Waals surface area (Å²) in [7, 11) is 0. The van der Waals surface area contributed by atoms with E-state index in [4.69, 9.17) is 0 Å². The molecule has 3 N–H and O–H groups in total. The molecule has 0 radical (unpaired) electrons. The zero-order chi connectivity index (χ0) is 23.1. The molecule has 3 aromatic rings. The van der Waals surface area contributed by atoms with Crippen LogP contribution in [0, 0.1) is 0 Å². The van der Waals surface area contributed by atoms with E-state index in [2.05, 4.69) is 31.9 Å². The minimum atomic E-state index is -0.349. The molecule has 0 aliphatic carbocycles. The summed E-state index contributed by atoms with van der Waals surface area (Å²) < 4.78 is 0.668. The fourth-order valence-electron chi connectivity index (χ4n) is 3.09. The van der Waals surface area contributed by atoms with E-state index in [1.165, 1.54) is 0 Å². The molecule has 164 valence electrons. The first-order chi connectivity index (χ1) is 15.3. The largest absolute Gasteiger partial charge is 0.354 e. The lowest BCUT2D eigenvalue weighted by Gasteiger charge is -2.13. The molecule has 0 bridgehead atoms. The third kappa shape index (κ3) is 6.28. The van der Waals surface area contributed by atoms with Crippen molar-refractivity contribution in [3.8, 4) is 0 Å². The third-order valence-corrected chi connectivity index (χ3v) is 5.26. The van der Waals surface area contributed by atoms with Gasteiger partial charge in [0.2, 0.25) is 5.91 Å². The van der Waals surface area contributed by atoms with Crippen LogP contribution in [0.25, 0.3) is 0 Å². The van der Waals surface area contributed by atoms with Gasteiger partial charge in [-0.15, -0.1) is 0 Å². The second kappa shape index (κ2) is 10.7. The molecule has 3 amide bonds. The predicted octanol–water partition coefficient (Wildman–Crippen LogP) is 5.02. The molecule has 0 saturated heterocycles. The molecule has 0 saturated carbocycles. The molecule has 0 aliphatic heterocycles. The maximum atomic E-state index is 12.9. The minimum Gasteiger partial charge on any atom is -0.354 e. The third-order valence-electron chi connectivity index (χ3n) is 4.56. The molecule has 32 heavy (non-hydrogen) atoms. The molecular formula is C25H24BrN3O3. The second-order valence-electron chi connectivity index (χ2n) is 7.53. The van der Waals surface area contributed by atoms with Crippen LogP contribution >= 0.6 is 15.9 Å². The van der Waals surface area contributed by atoms with Crippen LogP contribution in [0.2, 0.25) is 0 Å². The van der Waals surface area contributed by atoms with Crippen molar-refractivity contribution in [2.45, 2.75) is 26.3 Å². The van der Waals surface area contributed by atoms with Crippen LogP contribution in [-0.2, 0) is 11.2 Å². The molecule has 0 fully saturated rings. The van der Waals surface area contributed by atoms with Gasteiger partial charge in [0.15, 0.2) is 0 Å². The van der Waals surface area contributed by atoms with Gasteiger partial charge in [-0.3, -0.25) is 14.4 Å². The van der Waals surface area contributed by atoms with Gasteiger partial charge in [-0.1, -0.05) is 36.4 Å². The van der Waals surface area contributed by atoms with Gasteiger partial charge in [0, 0.05) is 16.2 Å². The van der Waals surface area contributed by atoms with Crippen molar-refractivity contribution in [2.75, 3.05) is 10.6 Å². The van der Waals surface area contributed by atoms with Crippen molar-refractivity contribution in [2.24, 2.45) is 0 Å². The summed E-state index contributed by atoms with van der Waals surface area (Å²) in [4.78, 5) is 37.4. The van der Waals surface area contributed by atoms with Crippen LogP contribution in [0.5, 0.6) is 0 Å².